The summed E-state index contributed by atoms with van der Waals surface area (Å²) in [6.45, 7) is 1.96. The summed E-state index contributed by atoms with van der Waals surface area (Å²) < 4.78 is 47.7. The molecule has 7 heteroatoms. The van der Waals surface area contributed by atoms with Gasteiger partial charge < -0.3 is 14.8 Å². The van der Waals surface area contributed by atoms with Crippen LogP contribution in [0, 0.1) is 0 Å². The Morgan fingerprint density at radius 1 is 1.53 bits per heavy atom. The van der Waals surface area contributed by atoms with Gasteiger partial charge in [0.2, 0.25) is 6.10 Å². The molecule has 0 fully saturated rings. The molecule has 0 saturated carbocycles. The molecule has 0 spiro atoms. The van der Waals surface area contributed by atoms with Crippen LogP contribution in [0.3, 0.4) is 0 Å². The summed E-state index contributed by atoms with van der Waals surface area (Å²) in [5, 5.41) is 2.74. The van der Waals surface area contributed by atoms with Crippen LogP contribution in [0.1, 0.15) is 12.5 Å². The summed E-state index contributed by atoms with van der Waals surface area (Å²) in [6.07, 6.45) is -5.25. The van der Waals surface area contributed by atoms with Crippen molar-refractivity contribution in [1.82, 2.24) is 0 Å². The first-order chi connectivity index (χ1) is 8.91. The van der Waals surface area contributed by atoms with Crippen LogP contribution in [-0.4, -0.2) is 25.2 Å². The van der Waals surface area contributed by atoms with Gasteiger partial charge in [0.1, 0.15) is 5.75 Å². The van der Waals surface area contributed by atoms with Crippen molar-refractivity contribution < 1.29 is 27.4 Å². The molecule has 0 radical (unpaired) electrons. The molecule has 1 heterocycles. The molecule has 0 aromatic heterocycles. The van der Waals surface area contributed by atoms with Crippen LogP contribution in [0.15, 0.2) is 18.2 Å². The fraction of sp³-hybridized carbons (Fsp3) is 0.417. The van der Waals surface area contributed by atoms with Crippen LogP contribution in [0.25, 0.3) is 0 Å². The van der Waals surface area contributed by atoms with Gasteiger partial charge in [0.25, 0.3) is 0 Å². The number of hydrogen-bond acceptors (Lipinski definition) is 4. The van der Waals surface area contributed by atoms with Gasteiger partial charge in [-0.05, 0) is 25.1 Å². The normalized spacial score (nSPS) is 18.0. The fourth-order valence-electron chi connectivity index (χ4n) is 1.71. The third-order valence-electron chi connectivity index (χ3n) is 2.60. The minimum absolute atomic E-state index is 0.0765. The van der Waals surface area contributed by atoms with Crippen molar-refractivity contribution in [3.8, 4) is 5.75 Å². The van der Waals surface area contributed by atoms with Crippen molar-refractivity contribution >= 4 is 11.7 Å². The van der Waals surface area contributed by atoms with Gasteiger partial charge in [0.05, 0.1) is 24.4 Å². The second-order valence-electron chi connectivity index (χ2n) is 3.95. The summed E-state index contributed by atoms with van der Waals surface area (Å²) >= 11 is 0. The summed E-state index contributed by atoms with van der Waals surface area (Å²) in [5.41, 5.74) is -0.549. The van der Waals surface area contributed by atoms with Crippen LogP contribution in [0.2, 0.25) is 0 Å². The highest BCUT2D eigenvalue weighted by molar-refractivity contribution is 5.77. The second-order valence-corrected chi connectivity index (χ2v) is 3.95. The Morgan fingerprint density at radius 3 is 2.89 bits per heavy atom. The van der Waals surface area contributed by atoms with Crippen LogP contribution < -0.4 is 10.1 Å². The highest BCUT2D eigenvalue weighted by Gasteiger charge is 2.33. The number of alkyl halides is 3. The number of fused-ring (bicyclic) bond motifs is 1. The van der Waals surface area contributed by atoms with Crippen LogP contribution >= 0.6 is 0 Å². The Labute approximate surface area is 107 Å². The lowest BCUT2D eigenvalue weighted by atomic mass is 10.1. The van der Waals surface area contributed by atoms with E-state index in [1.54, 1.807) is 6.92 Å². The molecule has 0 amide bonds. The Kier molecular flexibility index (Phi) is 3.55. The van der Waals surface area contributed by atoms with E-state index in [1.807, 2.05) is 0 Å². The number of benzene rings is 1. The van der Waals surface area contributed by atoms with E-state index in [9.17, 15) is 18.0 Å². The Balaban J connectivity index is 2.17. The third-order valence-corrected chi connectivity index (χ3v) is 2.60. The maximum atomic E-state index is 12.5. The third kappa shape index (κ3) is 2.91. The number of carbonyl (C=O) groups excluding carboxylic acids is 1. The predicted octanol–water partition coefficient (Wildman–Crippen LogP) is 2.44. The molecule has 1 N–H and O–H groups in total. The van der Waals surface area contributed by atoms with E-state index in [-0.39, 0.29) is 24.6 Å². The maximum absolute atomic E-state index is 12.5. The minimum atomic E-state index is -4.41. The van der Waals surface area contributed by atoms with Crippen LogP contribution in [-0.2, 0) is 15.7 Å². The quantitative estimate of drug-likeness (QED) is 0.842. The predicted molar refractivity (Wildman–Crippen MR) is 61.0 cm³/mol. The van der Waals surface area contributed by atoms with Gasteiger partial charge >= 0.3 is 12.1 Å². The molecule has 1 unspecified atom stereocenters. The highest BCUT2D eigenvalue weighted by Crippen LogP contribution is 2.36. The summed E-state index contributed by atoms with van der Waals surface area (Å²) in [6, 6.07) is 3.06. The molecular weight excluding hydrogens is 263 g/mol. The standard InChI is InChI=1S/C12H12F3NO3/c1-2-18-11(17)10-6-16-8-5-7(12(13,14)15)3-4-9(8)19-10/h3-5,10,16H,2,6H2,1H3. The lowest BCUT2D eigenvalue weighted by molar-refractivity contribution is -0.151. The zero-order valence-electron chi connectivity index (χ0n) is 10.1. The van der Waals surface area contributed by atoms with Crippen LogP contribution in [0.4, 0.5) is 18.9 Å². The summed E-state index contributed by atoms with van der Waals surface area (Å²) in [5.74, 6) is -0.335. The van der Waals surface area contributed by atoms with E-state index >= 15 is 0 Å². The van der Waals surface area contributed by atoms with Crippen molar-refractivity contribution in [2.24, 2.45) is 0 Å². The molecule has 1 aromatic rings. The van der Waals surface area contributed by atoms with E-state index in [2.05, 4.69) is 5.32 Å². The summed E-state index contributed by atoms with van der Waals surface area (Å²) in [7, 11) is 0. The molecular formula is C12H12F3NO3. The molecule has 1 atom stereocenters. The molecule has 0 bridgehead atoms. The van der Waals surface area contributed by atoms with E-state index in [0.717, 1.165) is 12.1 Å². The van der Waals surface area contributed by atoms with Crippen molar-refractivity contribution in [1.29, 1.82) is 0 Å². The topological polar surface area (TPSA) is 47.6 Å². The van der Waals surface area contributed by atoms with Crippen molar-refractivity contribution in [2.75, 3.05) is 18.5 Å². The first-order valence-corrected chi connectivity index (χ1v) is 5.70. The Morgan fingerprint density at radius 2 is 2.26 bits per heavy atom. The van der Waals surface area contributed by atoms with E-state index < -0.39 is 23.8 Å². The molecule has 1 aromatic carbocycles. The van der Waals surface area contributed by atoms with Crippen molar-refractivity contribution in [2.45, 2.75) is 19.2 Å². The lowest BCUT2D eigenvalue weighted by Gasteiger charge is -2.26. The van der Waals surface area contributed by atoms with Gasteiger partial charge in [-0.15, -0.1) is 0 Å². The molecule has 2 rings (SSSR count). The van der Waals surface area contributed by atoms with Gasteiger partial charge in [-0.1, -0.05) is 0 Å². The number of hydrogen-bond donors (Lipinski definition) is 1. The van der Waals surface area contributed by atoms with Gasteiger partial charge in [-0.3, -0.25) is 0 Å². The number of esters is 1. The van der Waals surface area contributed by atoms with E-state index in [4.69, 9.17) is 9.47 Å². The lowest BCUT2D eigenvalue weighted by Crippen LogP contribution is -2.39. The van der Waals surface area contributed by atoms with Crippen molar-refractivity contribution in [3.63, 3.8) is 0 Å². The zero-order valence-corrected chi connectivity index (χ0v) is 10.1. The average Bonchev–Trinajstić information content (AvgIpc) is 2.36. The molecule has 1 aliphatic rings. The first kappa shape index (κ1) is 13.5. The van der Waals surface area contributed by atoms with Crippen molar-refractivity contribution in [3.05, 3.63) is 23.8 Å². The molecule has 0 aliphatic carbocycles. The number of ether oxygens (including phenoxy) is 2. The molecule has 19 heavy (non-hydrogen) atoms. The van der Waals surface area contributed by atoms with Crippen LogP contribution in [0.5, 0.6) is 5.75 Å². The number of carbonyl (C=O) groups is 1. The minimum Gasteiger partial charge on any atom is -0.475 e. The van der Waals surface area contributed by atoms with Gasteiger partial charge in [0, 0.05) is 0 Å². The first-order valence-electron chi connectivity index (χ1n) is 5.70. The van der Waals surface area contributed by atoms with Gasteiger partial charge in [0.15, 0.2) is 0 Å². The largest absolute Gasteiger partial charge is 0.475 e. The second kappa shape index (κ2) is 4.99. The smallest absolute Gasteiger partial charge is 0.416 e. The fourth-order valence-corrected chi connectivity index (χ4v) is 1.71. The molecule has 0 saturated heterocycles. The Hall–Kier alpha value is -1.92. The Bertz CT molecular complexity index is 488. The monoisotopic (exact) mass is 275 g/mol. The SMILES string of the molecule is CCOC(=O)C1CNc2cc(C(F)(F)F)ccc2O1. The van der Waals surface area contributed by atoms with Gasteiger partial charge in [-0.2, -0.15) is 13.2 Å². The zero-order chi connectivity index (χ0) is 14.0. The highest BCUT2D eigenvalue weighted by atomic mass is 19.4. The number of halogens is 3. The summed E-state index contributed by atoms with van der Waals surface area (Å²) in [4.78, 5) is 11.5. The van der Waals surface area contributed by atoms with Gasteiger partial charge in [-0.25, -0.2) is 4.79 Å². The number of anilines is 1. The average molecular weight is 275 g/mol. The number of nitrogens with one attached hydrogen (secondary N) is 1. The van der Waals surface area contributed by atoms with E-state index in [1.165, 1.54) is 6.07 Å². The molecule has 4 nitrogen and oxygen atoms in total. The number of rotatable bonds is 2. The molecule has 1 aliphatic heterocycles. The molecule has 104 valence electrons. The van der Waals surface area contributed by atoms with E-state index in [0.29, 0.717) is 0 Å². The maximum Gasteiger partial charge on any atom is 0.416 e.